The number of thiocyanates is 1. The van der Waals surface area contributed by atoms with Gasteiger partial charge in [-0.25, -0.2) is 5.26 Å². The molecule has 0 unspecified atom stereocenters. The van der Waals surface area contributed by atoms with Crippen LogP contribution < -0.4 is 4.57 Å². The standard InChI is InChI=1S/C10H12N.CHNS/c1-3-7-10-8-5-6-9-11(10)4-2;2-1-3/h3-6,8-9H,1-2,7H2;3H/q+1;/p-1. The van der Waals surface area contributed by atoms with Crippen molar-refractivity contribution < 1.29 is 4.57 Å². The highest BCUT2D eigenvalue weighted by atomic mass is 32.1. The smallest absolute Gasteiger partial charge is 0.190 e. The van der Waals surface area contributed by atoms with Crippen molar-refractivity contribution in [2.45, 2.75) is 6.42 Å². The highest BCUT2D eigenvalue weighted by Crippen LogP contribution is 1.92. The van der Waals surface area contributed by atoms with Gasteiger partial charge in [-0.3, -0.25) is 0 Å². The molecular weight excluding hydrogens is 192 g/mol. The van der Waals surface area contributed by atoms with Gasteiger partial charge in [-0.2, -0.15) is 4.57 Å². The van der Waals surface area contributed by atoms with Crippen LogP contribution in [0.3, 0.4) is 0 Å². The Bertz CT molecular complexity index is 339. The maximum atomic E-state index is 7.13. The van der Waals surface area contributed by atoms with Gasteiger partial charge in [0.05, 0.1) is 6.42 Å². The van der Waals surface area contributed by atoms with Gasteiger partial charge in [0.1, 0.15) is 0 Å². The molecule has 0 saturated heterocycles. The zero-order valence-corrected chi connectivity index (χ0v) is 8.70. The Morgan fingerprint density at radius 2 is 2.14 bits per heavy atom. The van der Waals surface area contributed by atoms with Crippen LogP contribution in [0.15, 0.2) is 43.6 Å². The summed E-state index contributed by atoms with van der Waals surface area (Å²) in [5.41, 5.74) is 1.21. The van der Waals surface area contributed by atoms with Gasteiger partial charge in [0, 0.05) is 12.1 Å². The lowest BCUT2D eigenvalue weighted by molar-refractivity contribution is -0.576. The van der Waals surface area contributed by atoms with E-state index in [0.717, 1.165) is 6.42 Å². The van der Waals surface area contributed by atoms with E-state index in [1.165, 1.54) is 11.1 Å². The molecule has 0 N–H and O–H groups in total. The summed E-state index contributed by atoms with van der Waals surface area (Å²) in [6, 6.07) is 6.05. The highest BCUT2D eigenvalue weighted by Gasteiger charge is 2.01. The number of nitrogens with zero attached hydrogens (tertiary/aromatic N) is 2. The van der Waals surface area contributed by atoms with Gasteiger partial charge in [-0.15, -0.1) is 6.58 Å². The highest BCUT2D eigenvalue weighted by molar-refractivity contribution is 7.64. The second-order valence-electron chi connectivity index (χ2n) is 2.37. The lowest BCUT2D eigenvalue weighted by Crippen LogP contribution is -2.29. The van der Waals surface area contributed by atoms with E-state index in [-0.39, 0.29) is 0 Å². The first kappa shape index (κ1) is 12.3. The summed E-state index contributed by atoms with van der Waals surface area (Å²) in [6.45, 7) is 7.39. The third kappa shape index (κ3) is 4.39. The first-order valence-corrected chi connectivity index (χ1v) is 4.44. The molecule has 0 bridgehead atoms. The molecule has 0 atom stereocenters. The molecule has 1 heterocycles. The SMILES string of the molecule is C=CCc1cccc[n+]1C=C.N#C[S-]. The molecule has 0 spiro atoms. The van der Waals surface area contributed by atoms with Gasteiger partial charge in [0.2, 0.25) is 0 Å². The normalized spacial score (nSPS) is 7.64. The van der Waals surface area contributed by atoms with E-state index in [0.29, 0.717) is 0 Å². The van der Waals surface area contributed by atoms with Gasteiger partial charge in [-0.05, 0) is 6.58 Å². The first-order chi connectivity index (χ1) is 6.79. The van der Waals surface area contributed by atoms with Crippen molar-refractivity contribution in [1.29, 1.82) is 5.26 Å². The minimum absolute atomic E-state index is 0.882. The minimum atomic E-state index is 0.882. The minimum Gasteiger partial charge on any atom is -0.696 e. The van der Waals surface area contributed by atoms with Crippen LogP contribution in [0.5, 0.6) is 0 Å². The van der Waals surface area contributed by atoms with E-state index in [4.69, 9.17) is 5.26 Å². The van der Waals surface area contributed by atoms with Crippen molar-refractivity contribution in [3.63, 3.8) is 0 Å². The molecule has 1 aromatic rings. The fourth-order valence-corrected chi connectivity index (χ4v) is 0.990. The van der Waals surface area contributed by atoms with Gasteiger partial charge >= 0.3 is 0 Å². The predicted molar refractivity (Wildman–Crippen MR) is 59.9 cm³/mol. The number of allylic oxidation sites excluding steroid dienone is 1. The average molecular weight is 204 g/mol. The summed E-state index contributed by atoms with van der Waals surface area (Å²) in [5.74, 6) is 0. The van der Waals surface area contributed by atoms with Crippen LogP contribution in [0.4, 0.5) is 0 Å². The van der Waals surface area contributed by atoms with Crippen molar-refractivity contribution in [2.24, 2.45) is 0 Å². The molecule has 0 aliphatic carbocycles. The molecule has 0 radical (unpaired) electrons. The third-order valence-electron chi connectivity index (χ3n) is 1.53. The van der Waals surface area contributed by atoms with Crippen molar-refractivity contribution in [3.05, 3.63) is 49.3 Å². The maximum absolute atomic E-state index is 7.13. The summed E-state index contributed by atoms with van der Waals surface area (Å²) in [6.07, 6.45) is 6.53. The van der Waals surface area contributed by atoms with E-state index in [9.17, 15) is 0 Å². The molecule has 0 aliphatic rings. The van der Waals surface area contributed by atoms with Gasteiger partial charge in [0.15, 0.2) is 18.1 Å². The Hall–Kier alpha value is -1.66. The van der Waals surface area contributed by atoms with Crippen LogP contribution >= 0.6 is 0 Å². The quantitative estimate of drug-likeness (QED) is 0.325. The fraction of sp³-hybridized carbons (Fsp3) is 0.0909. The first-order valence-electron chi connectivity index (χ1n) is 4.03. The molecule has 0 aromatic carbocycles. The summed E-state index contributed by atoms with van der Waals surface area (Å²) in [7, 11) is 0. The van der Waals surface area contributed by atoms with E-state index >= 15 is 0 Å². The van der Waals surface area contributed by atoms with Crippen molar-refractivity contribution in [3.8, 4) is 5.40 Å². The van der Waals surface area contributed by atoms with Crippen LogP contribution in [0, 0.1) is 10.7 Å². The Labute approximate surface area is 90.2 Å². The van der Waals surface area contributed by atoms with E-state index in [1.807, 2.05) is 29.0 Å². The molecule has 0 fully saturated rings. The molecule has 14 heavy (non-hydrogen) atoms. The predicted octanol–water partition coefficient (Wildman–Crippen LogP) is 1.82. The fourth-order valence-electron chi connectivity index (χ4n) is 0.990. The summed E-state index contributed by atoms with van der Waals surface area (Å²) >= 11 is 3.70. The molecule has 1 aromatic heterocycles. The molecular formula is C11H12N2S. The molecule has 72 valence electrons. The lowest BCUT2D eigenvalue weighted by Gasteiger charge is -1.93. The zero-order chi connectivity index (χ0) is 10.8. The van der Waals surface area contributed by atoms with Gasteiger partial charge < -0.3 is 12.6 Å². The number of nitriles is 1. The van der Waals surface area contributed by atoms with Gasteiger partial charge in [0.25, 0.3) is 0 Å². The van der Waals surface area contributed by atoms with Crippen LogP contribution in [-0.2, 0) is 19.0 Å². The van der Waals surface area contributed by atoms with Crippen molar-refractivity contribution in [2.75, 3.05) is 0 Å². The third-order valence-corrected chi connectivity index (χ3v) is 1.53. The Morgan fingerprint density at radius 1 is 1.50 bits per heavy atom. The topological polar surface area (TPSA) is 27.7 Å². The van der Waals surface area contributed by atoms with Crippen molar-refractivity contribution >= 4 is 18.8 Å². The summed E-state index contributed by atoms with van der Waals surface area (Å²) < 4.78 is 1.99. The summed E-state index contributed by atoms with van der Waals surface area (Å²) in [4.78, 5) is 0. The van der Waals surface area contributed by atoms with Crippen LogP contribution in [0.25, 0.3) is 6.20 Å². The second-order valence-corrected chi connectivity index (χ2v) is 2.55. The molecule has 2 nitrogen and oxygen atoms in total. The zero-order valence-electron chi connectivity index (χ0n) is 7.89. The molecule has 3 heteroatoms. The van der Waals surface area contributed by atoms with E-state index < -0.39 is 0 Å². The van der Waals surface area contributed by atoms with Crippen LogP contribution in [0.1, 0.15) is 5.69 Å². The van der Waals surface area contributed by atoms with Crippen molar-refractivity contribution in [1.82, 2.24) is 0 Å². The van der Waals surface area contributed by atoms with Crippen LogP contribution in [0.2, 0.25) is 0 Å². The number of hydrogen-bond acceptors (Lipinski definition) is 2. The average Bonchev–Trinajstić information content (AvgIpc) is 2.20. The maximum Gasteiger partial charge on any atom is 0.190 e. The Morgan fingerprint density at radius 3 is 2.64 bits per heavy atom. The molecule has 0 amide bonds. The Kier molecular flexibility index (Phi) is 7.02. The number of rotatable bonds is 3. The number of aromatic nitrogens is 1. The number of hydrogen-bond donors (Lipinski definition) is 0. The molecule has 0 saturated carbocycles. The largest absolute Gasteiger partial charge is 0.696 e. The lowest BCUT2D eigenvalue weighted by atomic mass is 10.2. The van der Waals surface area contributed by atoms with Gasteiger partial charge in [-0.1, -0.05) is 17.5 Å². The summed E-state index contributed by atoms with van der Waals surface area (Å²) in [5, 5.41) is 8.47. The second kappa shape index (κ2) is 7.96. The molecule has 1 rings (SSSR count). The Balaban J connectivity index is 0.000000500. The van der Waals surface area contributed by atoms with E-state index in [1.54, 1.807) is 6.20 Å². The monoisotopic (exact) mass is 204 g/mol. The van der Waals surface area contributed by atoms with Crippen LogP contribution in [-0.4, -0.2) is 0 Å². The van der Waals surface area contributed by atoms with E-state index in [2.05, 4.69) is 31.9 Å². The number of pyridine rings is 1. The molecule has 0 aliphatic heterocycles.